The first-order valence-corrected chi connectivity index (χ1v) is 11.0. The summed E-state index contributed by atoms with van der Waals surface area (Å²) < 4.78 is 45.5. The van der Waals surface area contributed by atoms with Crippen LogP contribution in [0, 0.1) is 0 Å². The number of fused-ring (bicyclic) bond motifs is 3. The molecule has 33 heavy (non-hydrogen) atoms. The lowest BCUT2D eigenvalue weighted by molar-refractivity contribution is -0.246. The van der Waals surface area contributed by atoms with Gasteiger partial charge in [-0.25, -0.2) is 4.79 Å². The molecule has 0 aromatic rings. The molecule has 2 unspecified atom stereocenters. The number of carbonyl (C=O) groups excluding carboxylic acids is 3. The molecule has 0 amide bonds. The van der Waals surface area contributed by atoms with Crippen LogP contribution in [-0.4, -0.2) is 80.0 Å². The number of esters is 3. The molecule has 0 radical (unpaired) electrons. The van der Waals surface area contributed by atoms with Crippen LogP contribution >= 0.6 is 0 Å². The van der Waals surface area contributed by atoms with Crippen LogP contribution in [-0.2, 0) is 52.3 Å². The normalized spacial score (nSPS) is 37.1. The van der Waals surface area contributed by atoms with Crippen molar-refractivity contribution in [1.29, 1.82) is 0 Å². The van der Waals surface area contributed by atoms with E-state index < -0.39 is 60.2 Å². The molecule has 3 aliphatic heterocycles. The molecule has 0 bridgehead atoms. The van der Waals surface area contributed by atoms with Crippen LogP contribution < -0.4 is 0 Å². The van der Waals surface area contributed by atoms with E-state index in [1.807, 2.05) is 0 Å². The monoisotopic (exact) mass is 472 g/mol. The first-order valence-electron chi connectivity index (χ1n) is 11.0. The lowest BCUT2D eigenvalue weighted by Crippen LogP contribution is -2.56. The summed E-state index contributed by atoms with van der Waals surface area (Å²) in [6.45, 7) is 12.0. The van der Waals surface area contributed by atoms with Gasteiger partial charge < -0.3 is 37.9 Å². The van der Waals surface area contributed by atoms with Crippen LogP contribution in [0.1, 0.15) is 47.5 Å². The quantitative estimate of drug-likeness (QED) is 0.274. The maximum Gasteiger partial charge on any atom is 0.333 e. The summed E-state index contributed by atoms with van der Waals surface area (Å²) in [5.74, 6) is -4.20. The third kappa shape index (κ3) is 5.90. The van der Waals surface area contributed by atoms with Crippen molar-refractivity contribution < 1.29 is 52.3 Å². The fourth-order valence-corrected chi connectivity index (χ4v) is 4.07. The molecule has 0 spiro atoms. The molecule has 11 heteroatoms. The topological polar surface area (TPSA) is 125 Å². The average Bonchev–Trinajstić information content (AvgIpc) is 3.22. The van der Waals surface area contributed by atoms with Crippen LogP contribution in [0.25, 0.3) is 0 Å². The Kier molecular flexibility index (Phi) is 7.80. The van der Waals surface area contributed by atoms with Gasteiger partial charge in [-0.15, -0.1) is 0 Å². The Morgan fingerprint density at radius 3 is 1.88 bits per heavy atom. The second-order valence-corrected chi connectivity index (χ2v) is 8.52. The first-order chi connectivity index (χ1) is 15.5. The molecule has 3 fully saturated rings. The SMILES string of the molecule is C=C(C)C(=O)OC[C@H]1O[C@@H]2OC(C)(CC(=O)OCC)O[C@H]2[C@H]2OC(C)(CC(=O)OCC)O[C@@H]21. The lowest BCUT2D eigenvalue weighted by atomic mass is 9.99. The van der Waals surface area contributed by atoms with E-state index in [0.29, 0.717) is 0 Å². The summed E-state index contributed by atoms with van der Waals surface area (Å²) in [6.07, 6.45) is -4.25. The van der Waals surface area contributed by atoms with E-state index >= 15 is 0 Å². The van der Waals surface area contributed by atoms with E-state index in [2.05, 4.69) is 6.58 Å². The van der Waals surface area contributed by atoms with Crippen LogP contribution in [0.5, 0.6) is 0 Å². The van der Waals surface area contributed by atoms with Gasteiger partial charge in [-0.2, -0.15) is 0 Å². The van der Waals surface area contributed by atoms with Crippen molar-refractivity contribution >= 4 is 17.9 Å². The Morgan fingerprint density at radius 1 is 0.818 bits per heavy atom. The molecule has 0 aromatic heterocycles. The highest BCUT2D eigenvalue weighted by Crippen LogP contribution is 2.46. The molecule has 3 rings (SSSR count). The Balaban J connectivity index is 1.79. The van der Waals surface area contributed by atoms with E-state index in [1.165, 1.54) is 6.92 Å². The van der Waals surface area contributed by atoms with Gasteiger partial charge in [0.2, 0.25) is 0 Å². The number of ether oxygens (including phenoxy) is 8. The van der Waals surface area contributed by atoms with Crippen molar-refractivity contribution in [3.63, 3.8) is 0 Å². The standard InChI is InChI=1S/C22H32O11/c1-7-26-14(23)9-21(5)30-16-13(11-28-19(25)12(3)4)29-20-18(17(16)31-21)32-22(6,33-20)10-15(24)27-8-2/h13,16-18,20H,3,7-11H2,1-2,4-6H3/t13-,16-,17+,18+,20-,21?,22?/m1/s1. The highest BCUT2D eigenvalue weighted by Gasteiger charge is 2.63. The fourth-order valence-electron chi connectivity index (χ4n) is 4.07. The highest BCUT2D eigenvalue weighted by molar-refractivity contribution is 5.86. The summed E-state index contributed by atoms with van der Waals surface area (Å²) in [5.41, 5.74) is 0.235. The van der Waals surface area contributed by atoms with Crippen LogP contribution in [0.4, 0.5) is 0 Å². The Bertz CT molecular complexity index is 782. The molecule has 3 aliphatic rings. The van der Waals surface area contributed by atoms with Crippen molar-refractivity contribution in [3.8, 4) is 0 Å². The van der Waals surface area contributed by atoms with Crippen LogP contribution in [0.2, 0.25) is 0 Å². The molecule has 3 saturated heterocycles. The van der Waals surface area contributed by atoms with Gasteiger partial charge in [0.25, 0.3) is 0 Å². The second-order valence-electron chi connectivity index (χ2n) is 8.52. The molecule has 3 heterocycles. The van der Waals surface area contributed by atoms with Gasteiger partial charge in [0, 0.05) is 5.57 Å². The summed E-state index contributed by atoms with van der Waals surface area (Å²) >= 11 is 0. The third-order valence-electron chi connectivity index (χ3n) is 5.38. The fraction of sp³-hybridized carbons (Fsp3) is 0.773. The van der Waals surface area contributed by atoms with Crippen molar-refractivity contribution in [3.05, 3.63) is 12.2 Å². The summed E-state index contributed by atoms with van der Waals surface area (Å²) in [7, 11) is 0. The Morgan fingerprint density at radius 2 is 1.33 bits per heavy atom. The summed E-state index contributed by atoms with van der Waals surface area (Å²) in [4.78, 5) is 36.0. The van der Waals surface area contributed by atoms with Crippen molar-refractivity contribution in [2.45, 2.75) is 89.7 Å². The summed E-state index contributed by atoms with van der Waals surface area (Å²) in [6, 6.07) is 0. The molecular weight excluding hydrogens is 440 g/mol. The third-order valence-corrected chi connectivity index (χ3v) is 5.38. The van der Waals surface area contributed by atoms with E-state index in [0.717, 1.165) is 0 Å². The van der Waals surface area contributed by atoms with E-state index in [4.69, 9.17) is 37.9 Å². The van der Waals surface area contributed by atoms with Crippen molar-refractivity contribution in [1.82, 2.24) is 0 Å². The number of hydrogen-bond donors (Lipinski definition) is 0. The van der Waals surface area contributed by atoms with Gasteiger partial charge in [-0.1, -0.05) is 6.58 Å². The molecule has 7 atom stereocenters. The molecular formula is C22H32O11. The zero-order chi connectivity index (χ0) is 24.4. The van der Waals surface area contributed by atoms with Gasteiger partial charge in [0.1, 0.15) is 31.0 Å². The smallest absolute Gasteiger partial charge is 0.333 e. The Hall–Kier alpha value is -2.05. The molecule has 0 aliphatic carbocycles. The highest BCUT2D eigenvalue weighted by atomic mass is 16.9. The molecule has 11 nitrogen and oxygen atoms in total. The van der Waals surface area contributed by atoms with Gasteiger partial charge in [-0.05, 0) is 34.6 Å². The lowest BCUT2D eigenvalue weighted by Gasteiger charge is -2.36. The zero-order valence-electron chi connectivity index (χ0n) is 19.6. The van der Waals surface area contributed by atoms with Gasteiger partial charge in [-0.3, -0.25) is 9.59 Å². The van der Waals surface area contributed by atoms with Gasteiger partial charge in [0.15, 0.2) is 17.9 Å². The minimum Gasteiger partial charge on any atom is -0.466 e. The summed E-state index contributed by atoms with van der Waals surface area (Å²) in [5, 5.41) is 0. The molecule has 0 saturated carbocycles. The zero-order valence-corrected chi connectivity index (χ0v) is 19.6. The largest absolute Gasteiger partial charge is 0.466 e. The first kappa shape index (κ1) is 25.6. The predicted molar refractivity (Wildman–Crippen MR) is 109 cm³/mol. The van der Waals surface area contributed by atoms with Crippen LogP contribution in [0.15, 0.2) is 12.2 Å². The predicted octanol–water partition coefficient (Wildman–Crippen LogP) is 1.37. The second kappa shape index (κ2) is 10.1. The number of rotatable bonds is 9. The maximum absolute atomic E-state index is 12.1. The van der Waals surface area contributed by atoms with Crippen molar-refractivity contribution in [2.75, 3.05) is 19.8 Å². The number of hydrogen-bond acceptors (Lipinski definition) is 11. The van der Waals surface area contributed by atoms with Crippen LogP contribution in [0.3, 0.4) is 0 Å². The minimum atomic E-state index is -1.32. The Labute approximate surface area is 192 Å². The van der Waals surface area contributed by atoms with E-state index in [1.54, 1.807) is 27.7 Å². The van der Waals surface area contributed by atoms with Crippen molar-refractivity contribution in [2.24, 2.45) is 0 Å². The molecule has 186 valence electrons. The van der Waals surface area contributed by atoms with E-state index in [9.17, 15) is 14.4 Å². The van der Waals surface area contributed by atoms with Gasteiger partial charge in [0.05, 0.1) is 26.1 Å². The molecule has 0 aromatic carbocycles. The number of carbonyl (C=O) groups is 3. The molecule has 0 N–H and O–H groups in total. The minimum absolute atomic E-state index is 0.160. The maximum atomic E-state index is 12.1. The average molecular weight is 472 g/mol. The van der Waals surface area contributed by atoms with Gasteiger partial charge >= 0.3 is 17.9 Å². The van der Waals surface area contributed by atoms with E-state index in [-0.39, 0.29) is 38.2 Å².